The predicted octanol–water partition coefficient (Wildman–Crippen LogP) is 5.30. The number of pyridine rings is 3. The van der Waals surface area contributed by atoms with Crippen LogP contribution in [0.5, 0.6) is 0 Å². The SMILES string of the molecule is Cc1ccc2cc(C3CCCCC3)c(=O)n(Cc3ncccc3CC(F)(F)F)c2n1. The normalized spacial score (nSPS) is 15.6. The molecular formula is C23H24F3N3O. The molecule has 0 N–H and O–H groups in total. The van der Waals surface area contributed by atoms with Gasteiger partial charge in [-0.3, -0.25) is 14.3 Å². The van der Waals surface area contributed by atoms with Gasteiger partial charge in [-0.15, -0.1) is 0 Å². The molecule has 7 heteroatoms. The number of hydrogen-bond donors (Lipinski definition) is 0. The average molecular weight is 415 g/mol. The van der Waals surface area contributed by atoms with Crippen molar-refractivity contribution in [2.24, 2.45) is 0 Å². The summed E-state index contributed by atoms with van der Waals surface area (Å²) in [5.41, 5.74) is 2.14. The predicted molar refractivity (Wildman–Crippen MR) is 110 cm³/mol. The van der Waals surface area contributed by atoms with Crippen molar-refractivity contribution in [2.45, 2.75) is 64.1 Å². The Balaban J connectivity index is 1.85. The number of rotatable bonds is 4. The van der Waals surface area contributed by atoms with E-state index >= 15 is 0 Å². The largest absolute Gasteiger partial charge is 0.393 e. The second-order valence-electron chi connectivity index (χ2n) is 8.09. The van der Waals surface area contributed by atoms with Gasteiger partial charge in [0.2, 0.25) is 0 Å². The van der Waals surface area contributed by atoms with Gasteiger partial charge < -0.3 is 0 Å². The standard InChI is InChI=1S/C23H24F3N3O/c1-15-9-10-17-12-19(16-6-3-2-4-7-16)22(30)29(21(17)28-15)14-20-18(8-5-11-27-20)13-23(24,25)26/h5,8-12,16H,2-4,6-7,13-14H2,1H3. The van der Waals surface area contributed by atoms with Gasteiger partial charge in [0, 0.05) is 22.8 Å². The van der Waals surface area contributed by atoms with E-state index in [9.17, 15) is 18.0 Å². The zero-order valence-corrected chi connectivity index (χ0v) is 16.9. The fraction of sp³-hybridized carbons (Fsp3) is 0.435. The molecule has 1 saturated carbocycles. The van der Waals surface area contributed by atoms with Crippen LogP contribution in [0.15, 0.2) is 41.3 Å². The van der Waals surface area contributed by atoms with Crippen molar-refractivity contribution in [3.63, 3.8) is 0 Å². The molecule has 3 aromatic heterocycles. The zero-order chi connectivity index (χ0) is 21.3. The van der Waals surface area contributed by atoms with Gasteiger partial charge in [0.25, 0.3) is 5.56 Å². The van der Waals surface area contributed by atoms with Crippen molar-refractivity contribution in [3.8, 4) is 0 Å². The molecule has 158 valence electrons. The highest BCUT2D eigenvalue weighted by Crippen LogP contribution is 2.32. The Bertz CT molecular complexity index is 1110. The maximum absolute atomic E-state index is 13.5. The number of alkyl halides is 3. The summed E-state index contributed by atoms with van der Waals surface area (Å²) in [6, 6.07) is 8.65. The smallest absolute Gasteiger partial charge is 0.286 e. The first kappa shape index (κ1) is 20.6. The highest BCUT2D eigenvalue weighted by atomic mass is 19.4. The molecular weight excluding hydrogens is 391 g/mol. The number of fused-ring (bicyclic) bond motifs is 1. The van der Waals surface area contributed by atoms with E-state index in [0.717, 1.165) is 42.3 Å². The van der Waals surface area contributed by atoms with E-state index in [1.54, 1.807) is 0 Å². The first-order valence-electron chi connectivity index (χ1n) is 10.3. The molecule has 1 aliphatic carbocycles. The van der Waals surface area contributed by atoms with Crippen molar-refractivity contribution in [1.82, 2.24) is 14.5 Å². The van der Waals surface area contributed by atoms with Crippen molar-refractivity contribution >= 4 is 11.0 Å². The van der Waals surface area contributed by atoms with Gasteiger partial charge in [-0.2, -0.15) is 13.2 Å². The second-order valence-corrected chi connectivity index (χ2v) is 8.09. The molecule has 4 rings (SSSR count). The molecule has 0 spiro atoms. The lowest BCUT2D eigenvalue weighted by molar-refractivity contribution is -0.127. The third kappa shape index (κ3) is 4.40. The van der Waals surface area contributed by atoms with Gasteiger partial charge in [-0.25, -0.2) is 4.98 Å². The molecule has 0 saturated heterocycles. The van der Waals surface area contributed by atoms with Crippen LogP contribution >= 0.6 is 0 Å². The number of aromatic nitrogens is 3. The van der Waals surface area contributed by atoms with E-state index < -0.39 is 12.6 Å². The fourth-order valence-corrected chi connectivity index (χ4v) is 4.36. The number of halogens is 3. The van der Waals surface area contributed by atoms with E-state index in [1.165, 1.54) is 29.3 Å². The zero-order valence-electron chi connectivity index (χ0n) is 16.9. The summed E-state index contributed by atoms with van der Waals surface area (Å²) < 4.78 is 40.6. The molecule has 0 radical (unpaired) electrons. The van der Waals surface area contributed by atoms with Gasteiger partial charge in [0.15, 0.2) is 0 Å². The third-order valence-electron chi connectivity index (χ3n) is 5.83. The summed E-state index contributed by atoms with van der Waals surface area (Å²) in [4.78, 5) is 22.2. The minimum absolute atomic E-state index is 0.0292. The molecule has 0 bridgehead atoms. The Morgan fingerprint density at radius 1 is 1.13 bits per heavy atom. The van der Waals surface area contributed by atoms with Gasteiger partial charge in [-0.05, 0) is 55.5 Å². The van der Waals surface area contributed by atoms with E-state index in [0.29, 0.717) is 5.65 Å². The Morgan fingerprint density at radius 2 is 1.90 bits per heavy atom. The summed E-state index contributed by atoms with van der Waals surface area (Å²) in [5, 5.41) is 0.828. The summed E-state index contributed by atoms with van der Waals surface area (Å²) >= 11 is 0. The van der Waals surface area contributed by atoms with Crippen LogP contribution in [0, 0.1) is 6.92 Å². The highest BCUT2D eigenvalue weighted by Gasteiger charge is 2.29. The lowest BCUT2D eigenvalue weighted by Crippen LogP contribution is -2.28. The van der Waals surface area contributed by atoms with E-state index in [1.807, 2.05) is 25.1 Å². The molecule has 0 aromatic carbocycles. The molecule has 30 heavy (non-hydrogen) atoms. The molecule has 0 aliphatic heterocycles. The minimum atomic E-state index is -4.34. The molecule has 0 atom stereocenters. The van der Waals surface area contributed by atoms with E-state index in [4.69, 9.17) is 0 Å². The summed E-state index contributed by atoms with van der Waals surface area (Å²) in [6.07, 6.45) is 1.32. The lowest BCUT2D eigenvalue weighted by atomic mass is 9.84. The Hall–Kier alpha value is -2.70. The van der Waals surface area contributed by atoms with E-state index in [2.05, 4.69) is 9.97 Å². The van der Waals surface area contributed by atoms with Gasteiger partial charge in [-0.1, -0.05) is 25.3 Å². The van der Waals surface area contributed by atoms with Gasteiger partial charge >= 0.3 is 6.18 Å². The van der Waals surface area contributed by atoms with Crippen molar-refractivity contribution in [3.05, 3.63) is 69.4 Å². The topological polar surface area (TPSA) is 47.8 Å². The molecule has 3 heterocycles. The Morgan fingerprint density at radius 3 is 2.63 bits per heavy atom. The Kier molecular flexibility index (Phi) is 5.62. The molecule has 4 nitrogen and oxygen atoms in total. The molecule has 0 amide bonds. The van der Waals surface area contributed by atoms with Crippen molar-refractivity contribution in [1.29, 1.82) is 0 Å². The number of nitrogens with zero attached hydrogens (tertiary/aromatic N) is 3. The van der Waals surface area contributed by atoms with Crippen LogP contribution in [0.25, 0.3) is 11.0 Å². The third-order valence-corrected chi connectivity index (χ3v) is 5.83. The number of aryl methyl sites for hydroxylation is 1. The molecule has 1 fully saturated rings. The first-order valence-corrected chi connectivity index (χ1v) is 10.3. The van der Waals surface area contributed by atoms with Crippen molar-refractivity contribution in [2.75, 3.05) is 0 Å². The first-order chi connectivity index (χ1) is 14.3. The van der Waals surface area contributed by atoms with Gasteiger partial charge in [0.05, 0.1) is 18.7 Å². The summed E-state index contributed by atoms with van der Waals surface area (Å²) in [7, 11) is 0. The van der Waals surface area contributed by atoms with Crippen LogP contribution in [0.3, 0.4) is 0 Å². The van der Waals surface area contributed by atoms with E-state index in [-0.39, 0.29) is 29.3 Å². The summed E-state index contributed by atoms with van der Waals surface area (Å²) in [6.45, 7) is 1.80. The van der Waals surface area contributed by atoms with Crippen LogP contribution in [-0.2, 0) is 13.0 Å². The van der Waals surface area contributed by atoms with Crippen LogP contribution in [0.4, 0.5) is 13.2 Å². The maximum atomic E-state index is 13.5. The van der Waals surface area contributed by atoms with Crippen LogP contribution in [0.2, 0.25) is 0 Å². The average Bonchev–Trinajstić information content (AvgIpc) is 2.71. The van der Waals surface area contributed by atoms with Crippen molar-refractivity contribution < 1.29 is 13.2 Å². The molecule has 3 aromatic rings. The fourth-order valence-electron chi connectivity index (χ4n) is 4.36. The maximum Gasteiger partial charge on any atom is 0.393 e. The van der Waals surface area contributed by atoms with Gasteiger partial charge in [0.1, 0.15) is 5.65 Å². The minimum Gasteiger partial charge on any atom is -0.286 e. The number of hydrogen-bond acceptors (Lipinski definition) is 3. The molecule has 1 aliphatic rings. The van der Waals surface area contributed by atoms with Crippen LogP contribution in [-0.4, -0.2) is 20.7 Å². The lowest BCUT2D eigenvalue weighted by Gasteiger charge is -2.23. The van der Waals surface area contributed by atoms with Crippen LogP contribution < -0.4 is 5.56 Å². The summed E-state index contributed by atoms with van der Waals surface area (Å²) in [5.74, 6) is 0.182. The van der Waals surface area contributed by atoms with Crippen LogP contribution in [0.1, 0.15) is 60.5 Å². The quantitative estimate of drug-likeness (QED) is 0.581. The highest BCUT2D eigenvalue weighted by molar-refractivity contribution is 5.76. The Labute approximate surface area is 172 Å². The second kappa shape index (κ2) is 8.20. The monoisotopic (exact) mass is 415 g/mol. The molecule has 0 unspecified atom stereocenters.